The molecular weight excluding hydrogens is 164 g/mol. The van der Waals surface area contributed by atoms with Gasteiger partial charge in [-0.15, -0.1) is 0 Å². The zero-order valence-corrected chi connectivity index (χ0v) is 8.88. The maximum absolute atomic E-state index is 5.57. The van der Waals surface area contributed by atoms with Gasteiger partial charge in [-0.2, -0.15) is 0 Å². The van der Waals surface area contributed by atoms with Crippen LogP contribution in [0.25, 0.3) is 0 Å². The highest BCUT2D eigenvalue weighted by Gasteiger charge is 2.16. The van der Waals surface area contributed by atoms with E-state index in [4.69, 9.17) is 4.74 Å². The minimum absolute atomic E-state index is 0.500. The second kappa shape index (κ2) is 6.35. The minimum atomic E-state index is 0.500. The Morgan fingerprint density at radius 2 is 2.38 bits per heavy atom. The van der Waals surface area contributed by atoms with Crippen LogP contribution in [0.3, 0.4) is 0 Å². The molecule has 0 spiro atoms. The summed E-state index contributed by atoms with van der Waals surface area (Å²) in [7, 11) is 4.18. The third-order valence-corrected chi connectivity index (χ3v) is 2.51. The number of hydrogen-bond acceptors (Lipinski definition) is 3. The molecule has 1 saturated heterocycles. The predicted octanol–water partition coefficient (Wildman–Crippen LogP) is 0.707. The summed E-state index contributed by atoms with van der Waals surface area (Å²) < 4.78 is 5.57. The summed E-state index contributed by atoms with van der Waals surface area (Å²) in [5.41, 5.74) is 0. The fourth-order valence-corrected chi connectivity index (χ4v) is 1.75. The minimum Gasteiger partial charge on any atom is -0.377 e. The third kappa shape index (κ3) is 4.60. The van der Waals surface area contributed by atoms with E-state index in [1.54, 1.807) is 0 Å². The van der Waals surface area contributed by atoms with E-state index in [9.17, 15) is 0 Å². The van der Waals surface area contributed by atoms with Gasteiger partial charge in [0, 0.05) is 13.2 Å². The average Bonchev–Trinajstić information content (AvgIpc) is 2.57. The molecule has 0 saturated carbocycles. The number of ether oxygens (including phenoxy) is 1. The van der Waals surface area contributed by atoms with E-state index in [0.717, 1.165) is 19.7 Å². The quantitative estimate of drug-likeness (QED) is 0.618. The number of likely N-dealkylation sites (N-methyl/N-ethyl adjacent to an activating group) is 1. The van der Waals surface area contributed by atoms with Crippen LogP contribution in [0.1, 0.15) is 19.3 Å². The van der Waals surface area contributed by atoms with Gasteiger partial charge in [0.25, 0.3) is 0 Å². The first kappa shape index (κ1) is 11.0. The molecule has 0 aromatic heterocycles. The molecule has 0 aliphatic carbocycles. The second-order valence-corrected chi connectivity index (χ2v) is 3.85. The van der Waals surface area contributed by atoms with E-state index in [0.29, 0.717) is 6.10 Å². The van der Waals surface area contributed by atoms with Crippen LogP contribution >= 0.6 is 0 Å². The molecule has 1 fully saturated rings. The Balaban J connectivity index is 1.99. The smallest absolute Gasteiger partial charge is 0.0702 e. The molecule has 1 heterocycles. The van der Waals surface area contributed by atoms with Crippen LogP contribution in [0.5, 0.6) is 0 Å². The van der Waals surface area contributed by atoms with Gasteiger partial charge in [-0.25, -0.2) is 0 Å². The summed E-state index contributed by atoms with van der Waals surface area (Å²) in [6.07, 6.45) is 4.21. The molecule has 3 heteroatoms. The van der Waals surface area contributed by atoms with Crippen molar-refractivity contribution < 1.29 is 4.74 Å². The molecule has 1 N–H and O–H groups in total. The topological polar surface area (TPSA) is 24.5 Å². The van der Waals surface area contributed by atoms with Crippen LogP contribution in [0.4, 0.5) is 0 Å². The van der Waals surface area contributed by atoms with Crippen molar-refractivity contribution in [2.75, 3.05) is 40.3 Å². The predicted molar refractivity (Wildman–Crippen MR) is 55.0 cm³/mol. The Hall–Kier alpha value is -0.120. The van der Waals surface area contributed by atoms with Gasteiger partial charge in [-0.05, 0) is 46.4 Å². The lowest BCUT2D eigenvalue weighted by Crippen LogP contribution is -2.30. The summed E-state index contributed by atoms with van der Waals surface area (Å²) in [5.74, 6) is 0. The first-order valence-corrected chi connectivity index (χ1v) is 5.27. The van der Waals surface area contributed by atoms with Crippen LogP contribution in [0.2, 0.25) is 0 Å². The molecule has 13 heavy (non-hydrogen) atoms. The lowest BCUT2D eigenvalue weighted by atomic mass is 10.2. The molecule has 1 aliphatic heterocycles. The van der Waals surface area contributed by atoms with Crippen LogP contribution in [-0.4, -0.2) is 51.3 Å². The highest BCUT2D eigenvalue weighted by molar-refractivity contribution is 4.68. The zero-order valence-electron chi connectivity index (χ0n) is 8.88. The van der Waals surface area contributed by atoms with Gasteiger partial charge >= 0.3 is 0 Å². The molecule has 0 radical (unpaired) electrons. The number of rotatable bonds is 6. The molecule has 0 aromatic rings. The van der Waals surface area contributed by atoms with Gasteiger partial charge in [0.15, 0.2) is 0 Å². The van der Waals surface area contributed by atoms with Crippen LogP contribution in [-0.2, 0) is 4.74 Å². The molecule has 0 amide bonds. The van der Waals surface area contributed by atoms with Gasteiger partial charge < -0.3 is 15.0 Å². The lowest BCUT2D eigenvalue weighted by Gasteiger charge is -2.20. The SMILES string of the molecule is CNCCCN(C)CC1CCCO1. The van der Waals surface area contributed by atoms with E-state index < -0.39 is 0 Å². The monoisotopic (exact) mass is 186 g/mol. The molecule has 1 rings (SSSR count). The van der Waals surface area contributed by atoms with Gasteiger partial charge in [-0.3, -0.25) is 0 Å². The van der Waals surface area contributed by atoms with Crippen molar-refractivity contribution in [3.8, 4) is 0 Å². The molecule has 78 valence electrons. The Labute approximate surface area is 81.4 Å². The lowest BCUT2D eigenvalue weighted by molar-refractivity contribution is 0.0810. The summed E-state index contributed by atoms with van der Waals surface area (Å²) in [4.78, 5) is 2.37. The van der Waals surface area contributed by atoms with Gasteiger partial charge in [0.05, 0.1) is 6.10 Å². The second-order valence-electron chi connectivity index (χ2n) is 3.85. The molecular formula is C10H22N2O. The number of nitrogens with one attached hydrogen (secondary N) is 1. The largest absolute Gasteiger partial charge is 0.377 e. The van der Waals surface area contributed by atoms with E-state index in [-0.39, 0.29) is 0 Å². The summed E-state index contributed by atoms with van der Waals surface area (Å²) >= 11 is 0. The fraction of sp³-hybridized carbons (Fsp3) is 1.00. The third-order valence-electron chi connectivity index (χ3n) is 2.51. The Morgan fingerprint density at radius 1 is 1.54 bits per heavy atom. The number of nitrogens with zero attached hydrogens (tertiary/aromatic N) is 1. The normalized spacial score (nSPS) is 22.8. The van der Waals surface area contributed by atoms with Gasteiger partial charge in [0.2, 0.25) is 0 Å². The molecule has 0 aromatic carbocycles. The Kier molecular flexibility index (Phi) is 5.35. The van der Waals surface area contributed by atoms with Crippen molar-refractivity contribution in [2.24, 2.45) is 0 Å². The molecule has 1 atom stereocenters. The van der Waals surface area contributed by atoms with Crippen molar-refractivity contribution in [3.63, 3.8) is 0 Å². The Morgan fingerprint density at radius 3 is 3.00 bits per heavy atom. The van der Waals surface area contributed by atoms with Crippen molar-refractivity contribution in [2.45, 2.75) is 25.4 Å². The van der Waals surface area contributed by atoms with E-state index >= 15 is 0 Å². The first-order chi connectivity index (χ1) is 6.33. The molecule has 3 nitrogen and oxygen atoms in total. The van der Waals surface area contributed by atoms with Gasteiger partial charge in [0.1, 0.15) is 0 Å². The van der Waals surface area contributed by atoms with E-state index in [1.807, 2.05) is 7.05 Å². The average molecular weight is 186 g/mol. The zero-order chi connectivity index (χ0) is 9.52. The molecule has 1 unspecified atom stereocenters. The maximum atomic E-state index is 5.57. The van der Waals surface area contributed by atoms with Crippen molar-refractivity contribution in [1.82, 2.24) is 10.2 Å². The molecule has 1 aliphatic rings. The summed E-state index contributed by atoms with van der Waals surface area (Å²) in [6, 6.07) is 0. The van der Waals surface area contributed by atoms with Crippen molar-refractivity contribution in [3.05, 3.63) is 0 Å². The van der Waals surface area contributed by atoms with Crippen molar-refractivity contribution in [1.29, 1.82) is 0 Å². The van der Waals surface area contributed by atoms with E-state index in [2.05, 4.69) is 17.3 Å². The number of hydrogen-bond donors (Lipinski definition) is 1. The maximum Gasteiger partial charge on any atom is 0.0702 e. The highest BCUT2D eigenvalue weighted by Crippen LogP contribution is 2.12. The van der Waals surface area contributed by atoms with Crippen molar-refractivity contribution >= 4 is 0 Å². The highest BCUT2D eigenvalue weighted by atomic mass is 16.5. The van der Waals surface area contributed by atoms with Crippen LogP contribution in [0, 0.1) is 0 Å². The first-order valence-electron chi connectivity index (χ1n) is 5.27. The standard InChI is InChI=1S/C10H22N2O/c1-11-6-4-7-12(2)9-10-5-3-8-13-10/h10-11H,3-9H2,1-2H3. The summed E-state index contributed by atoms with van der Waals surface area (Å²) in [5, 5.41) is 3.16. The summed E-state index contributed by atoms with van der Waals surface area (Å²) in [6.45, 7) is 4.34. The van der Waals surface area contributed by atoms with Crippen LogP contribution in [0.15, 0.2) is 0 Å². The van der Waals surface area contributed by atoms with E-state index in [1.165, 1.54) is 25.8 Å². The Bertz CT molecular complexity index is 124. The fourth-order valence-electron chi connectivity index (χ4n) is 1.75. The molecule has 0 bridgehead atoms. The van der Waals surface area contributed by atoms with Crippen LogP contribution < -0.4 is 5.32 Å². The van der Waals surface area contributed by atoms with Gasteiger partial charge in [-0.1, -0.05) is 0 Å².